The predicted octanol–water partition coefficient (Wildman–Crippen LogP) is 2.53. The summed E-state index contributed by atoms with van der Waals surface area (Å²) in [5.74, 6) is -3.17. The molecule has 0 saturated heterocycles. The largest absolute Gasteiger partial charge is 0.426 e. The Balaban J connectivity index is 2.39. The molecule has 0 spiro atoms. The molecule has 0 N–H and O–H groups in total. The van der Waals surface area contributed by atoms with Crippen molar-refractivity contribution >= 4 is 11.0 Å². The van der Waals surface area contributed by atoms with Gasteiger partial charge in [-0.1, -0.05) is 11.6 Å². The lowest BCUT2D eigenvalue weighted by atomic mass is 10.2. The van der Waals surface area contributed by atoms with E-state index in [1.54, 1.807) is 19.1 Å². The van der Waals surface area contributed by atoms with Crippen molar-refractivity contribution in [3.05, 3.63) is 74.5 Å². The Bertz CT molecular complexity index is 973. The molecule has 0 radical (unpaired) electrons. The fourth-order valence-corrected chi connectivity index (χ4v) is 2.09. The van der Waals surface area contributed by atoms with Crippen molar-refractivity contribution in [2.45, 2.75) is 6.92 Å². The fourth-order valence-electron chi connectivity index (χ4n) is 2.09. The van der Waals surface area contributed by atoms with Crippen LogP contribution in [0.15, 0.2) is 50.4 Å². The Hall–Kier alpha value is -2.76. The highest BCUT2D eigenvalue weighted by molar-refractivity contribution is 5.76. The minimum atomic E-state index is -1.15. The molecule has 0 aliphatic carbocycles. The van der Waals surface area contributed by atoms with Crippen LogP contribution in [0.2, 0.25) is 0 Å². The van der Waals surface area contributed by atoms with Gasteiger partial charge in [0.05, 0.1) is 11.1 Å². The van der Waals surface area contributed by atoms with Crippen molar-refractivity contribution in [2.24, 2.45) is 0 Å². The molecule has 3 rings (SSSR count). The van der Waals surface area contributed by atoms with Crippen molar-refractivity contribution in [1.29, 1.82) is 0 Å². The first kappa shape index (κ1) is 13.2. The molecule has 0 fully saturated rings. The standard InChI is InChI=1S/C15H9F2NO3/c1-8-2-5-13-10(6-8)14(19)18(15(20)21-13)9-3-4-11(16)12(17)7-9/h2-7H,1H3. The first-order valence-corrected chi connectivity index (χ1v) is 6.09. The molecule has 3 aromatic rings. The Kier molecular flexibility index (Phi) is 2.94. The number of hydrogen-bond donors (Lipinski definition) is 0. The molecule has 2 aromatic carbocycles. The smallest absolute Gasteiger partial charge is 0.409 e. The Morgan fingerprint density at radius 3 is 2.48 bits per heavy atom. The van der Waals surface area contributed by atoms with Crippen molar-refractivity contribution in [1.82, 2.24) is 4.57 Å². The number of nitrogens with zero attached hydrogens (tertiary/aromatic N) is 1. The molecule has 0 aliphatic rings. The zero-order chi connectivity index (χ0) is 15.1. The molecule has 6 heteroatoms. The lowest BCUT2D eigenvalue weighted by Gasteiger charge is -2.06. The SMILES string of the molecule is Cc1ccc2oc(=O)n(-c3ccc(F)c(F)c3)c(=O)c2c1. The van der Waals surface area contributed by atoms with Crippen LogP contribution in [0.5, 0.6) is 0 Å². The summed E-state index contributed by atoms with van der Waals surface area (Å²) in [7, 11) is 0. The molecule has 0 bridgehead atoms. The molecule has 1 aromatic heterocycles. The van der Waals surface area contributed by atoms with E-state index in [9.17, 15) is 18.4 Å². The molecule has 1 heterocycles. The van der Waals surface area contributed by atoms with Crippen LogP contribution in [0.3, 0.4) is 0 Å². The summed E-state index contributed by atoms with van der Waals surface area (Å²) < 4.78 is 32.0. The van der Waals surface area contributed by atoms with Crippen molar-refractivity contribution in [3.63, 3.8) is 0 Å². The molecule has 0 aliphatic heterocycles. The van der Waals surface area contributed by atoms with Gasteiger partial charge in [0.2, 0.25) is 0 Å². The number of hydrogen-bond acceptors (Lipinski definition) is 3. The number of halogens is 2. The van der Waals surface area contributed by atoms with E-state index in [2.05, 4.69) is 0 Å². The highest BCUT2D eigenvalue weighted by Gasteiger charge is 2.13. The van der Waals surface area contributed by atoms with Crippen LogP contribution in [-0.2, 0) is 0 Å². The second kappa shape index (κ2) is 4.66. The summed E-state index contributed by atoms with van der Waals surface area (Å²) in [6, 6.07) is 7.54. The number of benzene rings is 2. The van der Waals surface area contributed by atoms with Gasteiger partial charge in [0.1, 0.15) is 5.58 Å². The highest BCUT2D eigenvalue weighted by Crippen LogP contribution is 2.13. The maximum atomic E-state index is 13.3. The number of aromatic nitrogens is 1. The van der Waals surface area contributed by atoms with E-state index in [-0.39, 0.29) is 16.7 Å². The minimum Gasteiger partial charge on any atom is -0.409 e. The zero-order valence-electron chi connectivity index (χ0n) is 10.9. The molecule has 0 saturated carbocycles. The third kappa shape index (κ3) is 2.14. The average molecular weight is 289 g/mol. The summed E-state index contributed by atoms with van der Waals surface area (Å²) in [4.78, 5) is 24.3. The van der Waals surface area contributed by atoms with Crippen LogP contribution in [0, 0.1) is 18.6 Å². The summed E-state index contributed by atoms with van der Waals surface area (Å²) in [6.45, 7) is 1.78. The van der Waals surface area contributed by atoms with Gasteiger partial charge >= 0.3 is 5.76 Å². The lowest BCUT2D eigenvalue weighted by Crippen LogP contribution is -2.31. The number of fused-ring (bicyclic) bond motifs is 1. The summed E-state index contributed by atoms with van der Waals surface area (Å²) in [5.41, 5.74) is 0.228. The topological polar surface area (TPSA) is 52.2 Å². The minimum absolute atomic E-state index is 0.0870. The molecular weight excluding hydrogens is 280 g/mol. The molecular formula is C15H9F2NO3. The van der Waals surface area contributed by atoms with Gasteiger partial charge in [0.15, 0.2) is 11.6 Å². The summed E-state index contributed by atoms with van der Waals surface area (Å²) in [6.07, 6.45) is 0. The van der Waals surface area contributed by atoms with E-state index in [0.717, 1.165) is 23.8 Å². The van der Waals surface area contributed by atoms with Crippen molar-refractivity contribution < 1.29 is 13.2 Å². The Morgan fingerprint density at radius 1 is 1.00 bits per heavy atom. The first-order valence-electron chi connectivity index (χ1n) is 6.09. The van der Waals surface area contributed by atoms with Gasteiger partial charge in [-0.3, -0.25) is 4.79 Å². The molecule has 21 heavy (non-hydrogen) atoms. The normalized spacial score (nSPS) is 11.0. The van der Waals surface area contributed by atoms with Crippen molar-refractivity contribution in [3.8, 4) is 5.69 Å². The predicted molar refractivity (Wildman–Crippen MR) is 72.7 cm³/mol. The van der Waals surface area contributed by atoms with E-state index < -0.39 is 22.9 Å². The maximum absolute atomic E-state index is 13.3. The zero-order valence-corrected chi connectivity index (χ0v) is 10.9. The van der Waals surface area contributed by atoms with Gasteiger partial charge in [-0.2, -0.15) is 0 Å². The quantitative estimate of drug-likeness (QED) is 0.691. The molecule has 4 nitrogen and oxygen atoms in total. The van der Waals surface area contributed by atoms with Gasteiger partial charge in [0, 0.05) is 6.07 Å². The number of rotatable bonds is 1. The van der Waals surface area contributed by atoms with Crippen molar-refractivity contribution in [2.75, 3.05) is 0 Å². The monoisotopic (exact) mass is 289 g/mol. The van der Waals surface area contributed by atoms with E-state index in [0.29, 0.717) is 4.57 Å². The summed E-state index contributed by atoms with van der Waals surface area (Å²) in [5, 5.41) is 0.194. The molecule has 0 unspecified atom stereocenters. The third-order valence-corrected chi connectivity index (χ3v) is 3.11. The van der Waals surface area contributed by atoms with Gasteiger partial charge in [-0.05, 0) is 31.2 Å². The van der Waals surface area contributed by atoms with E-state index in [1.807, 2.05) is 0 Å². The van der Waals surface area contributed by atoms with Gasteiger partial charge < -0.3 is 4.42 Å². The summed E-state index contributed by atoms with van der Waals surface area (Å²) >= 11 is 0. The van der Waals surface area contributed by atoms with Crippen LogP contribution in [0.25, 0.3) is 16.7 Å². The molecule has 0 atom stereocenters. The second-order valence-electron chi connectivity index (χ2n) is 4.61. The first-order chi connectivity index (χ1) is 9.97. The van der Waals surface area contributed by atoms with Crippen LogP contribution < -0.4 is 11.3 Å². The van der Waals surface area contributed by atoms with Gasteiger partial charge in [0.25, 0.3) is 5.56 Å². The highest BCUT2D eigenvalue weighted by atomic mass is 19.2. The van der Waals surface area contributed by atoms with Crippen LogP contribution in [0.4, 0.5) is 8.78 Å². The van der Waals surface area contributed by atoms with E-state index in [1.165, 1.54) is 6.07 Å². The number of aryl methyl sites for hydroxylation is 1. The second-order valence-corrected chi connectivity index (χ2v) is 4.61. The Labute approximate surface area is 116 Å². The van der Waals surface area contributed by atoms with E-state index in [4.69, 9.17) is 4.42 Å². The van der Waals surface area contributed by atoms with E-state index >= 15 is 0 Å². The third-order valence-electron chi connectivity index (χ3n) is 3.11. The van der Waals surface area contributed by atoms with Crippen LogP contribution in [0.1, 0.15) is 5.56 Å². The lowest BCUT2D eigenvalue weighted by molar-refractivity contribution is 0.494. The Morgan fingerprint density at radius 2 is 1.76 bits per heavy atom. The van der Waals surface area contributed by atoms with Gasteiger partial charge in [-0.15, -0.1) is 0 Å². The average Bonchev–Trinajstić information content (AvgIpc) is 2.44. The van der Waals surface area contributed by atoms with Crippen LogP contribution in [-0.4, -0.2) is 4.57 Å². The fraction of sp³-hybridized carbons (Fsp3) is 0.0667. The molecule has 106 valence electrons. The van der Waals surface area contributed by atoms with Crippen LogP contribution >= 0.6 is 0 Å². The molecule has 0 amide bonds. The van der Waals surface area contributed by atoms with Gasteiger partial charge in [-0.25, -0.2) is 18.1 Å². The maximum Gasteiger partial charge on any atom is 0.426 e.